The van der Waals surface area contributed by atoms with Crippen LogP contribution in [-0.2, 0) is 17.7 Å². The fourth-order valence-corrected chi connectivity index (χ4v) is 5.96. The molecule has 1 aromatic carbocycles. The van der Waals surface area contributed by atoms with Crippen molar-refractivity contribution >= 4 is 10.9 Å². The monoisotopic (exact) mass is 463 g/mol. The zero-order valence-electron chi connectivity index (χ0n) is 19.8. The average Bonchev–Trinajstić information content (AvgIpc) is 3.62. The molecule has 34 heavy (non-hydrogen) atoms. The van der Waals surface area contributed by atoms with Crippen LogP contribution in [0.3, 0.4) is 0 Å². The Balaban J connectivity index is 1.43. The molecule has 0 aliphatic carbocycles. The van der Waals surface area contributed by atoms with Crippen LogP contribution in [-0.4, -0.2) is 79.9 Å². The van der Waals surface area contributed by atoms with Crippen LogP contribution < -0.4 is 5.56 Å². The number of benzene rings is 1. The number of ether oxygens (including phenoxy) is 1. The Morgan fingerprint density at radius 3 is 2.97 bits per heavy atom. The molecule has 9 nitrogen and oxygen atoms in total. The van der Waals surface area contributed by atoms with Crippen LogP contribution in [0.2, 0.25) is 0 Å². The van der Waals surface area contributed by atoms with Crippen molar-refractivity contribution in [1.29, 1.82) is 0 Å². The van der Waals surface area contributed by atoms with Gasteiger partial charge in [-0.15, -0.1) is 5.10 Å². The third kappa shape index (κ3) is 4.06. The maximum atomic E-state index is 13.5. The first-order chi connectivity index (χ1) is 16.7. The Bertz CT molecular complexity index is 1220. The number of rotatable bonds is 6. The van der Waals surface area contributed by atoms with Gasteiger partial charge in [-0.25, -0.2) is 4.68 Å². The second-order valence-corrected chi connectivity index (χ2v) is 9.91. The number of aromatic amines is 1. The van der Waals surface area contributed by atoms with E-state index in [1.54, 1.807) is 0 Å². The summed E-state index contributed by atoms with van der Waals surface area (Å²) < 4.78 is 7.74. The first kappa shape index (κ1) is 21.9. The van der Waals surface area contributed by atoms with Crippen LogP contribution in [0.25, 0.3) is 10.9 Å². The molecule has 180 valence electrons. The summed E-state index contributed by atoms with van der Waals surface area (Å²) >= 11 is 0. The lowest BCUT2D eigenvalue weighted by Gasteiger charge is -2.41. The third-order valence-corrected chi connectivity index (χ3v) is 7.83. The summed E-state index contributed by atoms with van der Waals surface area (Å²) in [4.78, 5) is 21.6. The molecule has 3 aliphatic heterocycles. The molecule has 6 rings (SSSR count). The lowest BCUT2D eigenvalue weighted by molar-refractivity contribution is 0.0728. The van der Waals surface area contributed by atoms with Gasteiger partial charge in [0.25, 0.3) is 5.56 Å². The molecule has 0 spiro atoms. The summed E-state index contributed by atoms with van der Waals surface area (Å²) in [5.74, 6) is 0.735. The van der Waals surface area contributed by atoms with Gasteiger partial charge in [-0.3, -0.25) is 14.6 Å². The van der Waals surface area contributed by atoms with Crippen molar-refractivity contribution in [3.8, 4) is 0 Å². The van der Waals surface area contributed by atoms with Crippen LogP contribution in [0, 0.1) is 0 Å². The molecule has 3 atom stereocenters. The number of piperazine rings is 1. The van der Waals surface area contributed by atoms with Gasteiger partial charge in [0.05, 0.1) is 12.6 Å². The normalized spacial score (nSPS) is 24.6. The van der Waals surface area contributed by atoms with E-state index in [4.69, 9.17) is 4.74 Å². The van der Waals surface area contributed by atoms with Crippen LogP contribution in [0.4, 0.5) is 0 Å². The minimum atomic E-state index is -0.294. The first-order valence-electron chi connectivity index (χ1n) is 12.7. The second-order valence-electron chi connectivity index (χ2n) is 9.91. The van der Waals surface area contributed by atoms with Gasteiger partial charge in [0.15, 0.2) is 5.82 Å². The quantitative estimate of drug-likeness (QED) is 0.599. The van der Waals surface area contributed by atoms with E-state index >= 15 is 0 Å². The molecule has 3 saturated heterocycles. The number of H-pyrrole nitrogens is 1. The van der Waals surface area contributed by atoms with Crippen molar-refractivity contribution < 1.29 is 4.74 Å². The number of aromatic nitrogens is 5. The van der Waals surface area contributed by atoms with Gasteiger partial charge in [-0.2, -0.15) is 0 Å². The summed E-state index contributed by atoms with van der Waals surface area (Å²) in [6, 6.07) is 8.56. The number of nitrogens with one attached hydrogen (secondary N) is 1. The van der Waals surface area contributed by atoms with Gasteiger partial charge in [-0.05, 0) is 78.2 Å². The summed E-state index contributed by atoms with van der Waals surface area (Å²) in [6.07, 6.45) is 5.61. The number of aryl methyl sites for hydroxylation is 1. The highest BCUT2D eigenvalue weighted by atomic mass is 16.5. The number of hydrogen-bond donors (Lipinski definition) is 1. The Hall–Kier alpha value is -2.62. The summed E-state index contributed by atoms with van der Waals surface area (Å²) in [5.41, 5.74) is 2.77. The maximum Gasteiger partial charge on any atom is 0.253 e. The second kappa shape index (κ2) is 9.20. The van der Waals surface area contributed by atoms with Crippen molar-refractivity contribution in [3.63, 3.8) is 0 Å². The highest BCUT2D eigenvalue weighted by Gasteiger charge is 2.38. The van der Waals surface area contributed by atoms with Crippen LogP contribution in [0.15, 0.2) is 29.1 Å². The van der Waals surface area contributed by atoms with E-state index in [0.717, 1.165) is 67.8 Å². The average molecular weight is 464 g/mol. The van der Waals surface area contributed by atoms with Crippen LogP contribution in [0.1, 0.15) is 55.6 Å². The van der Waals surface area contributed by atoms with E-state index in [0.29, 0.717) is 12.6 Å². The molecule has 0 radical (unpaired) electrons. The highest BCUT2D eigenvalue weighted by Crippen LogP contribution is 2.32. The van der Waals surface area contributed by atoms with E-state index in [-0.39, 0.29) is 17.7 Å². The van der Waals surface area contributed by atoms with E-state index in [1.165, 1.54) is 24.9 Å². The largest absolute Gasteiger partial charge is 0.376 e. The maximum absolute atomic E-state index is 13.5. The predicted octanol–water partition coefficient (Wildman–Crippen LogP) is 2.13. The number of tetrazole rings is 1. The molecular formula is C25H33N7O2. The van der Waals surface area contributed by atoms with Gasteiger partial charge < -0.3 is 9.72 Å². The summed E-state index contributed by atoms with van der Waals surface area (Å²) in [7, 11) is 0. The predicted molar refractivity (Wildman–Crippen MR) is 129 cm³/mol. The molecule has 5 heterocycles. The smallest absolute Gasteiger partial charge is 0.253 e. The minimum absolute atomic E-state index is 0.0673. The number of nitrogens with zero attached hydrogens (tertiary/aromatic N) is 6. The van der Waals surface area contributed by atoms with Gasteiger partial charge in [0.2, 0.25) is 0 Å². The van der Waals surface area contributed by atoms with Crippen LogP contribution in [0.5, 0.6) is 0 Å². The molecule has 3 aliphatic rings. The fourth-order valence-electron chi connectivity index (χ4n) is 5.96. The summed E-state index contributed by atoms with van der Waals surface area (Å²) in [5, 5.41) is 13.9. The van der Waals surface area contributed by atoms with Gasteiger partial charge in [-0.1, -0.05) is 13.0 Å². The molecule has 0 unspecified atom stereocenters. The molecule has 0 bridgehead atoms. The molecule has 0 saturated carbocycles. The van der Waals surface area contributed by atoms with Crippen molar-refractivity contribution in [1.82, 2.24) is 35.0 Å². The van der Waals surface area contributed by atoms with E-state index in [2.05, 4.69) is 55.4 Å². The lowest BCUT2D eigenvalue weighted by atomic mass is 10.00. The van der Waals surface area contributed by atoms with E-state index < -0.39 is 0 Å². The highest BCUT2D eigenvalue weighted by molar-refractivity contribution is 5.80. The van der Waals surface area contributed by atoms with E-state index in [9.17, 15) is 4.79 Å². The van der Waals surface area contributed by atoms with Crippen molar-refractivity contribution in [3.05, 3.63) is 51.6 Å². The van der Waals surface area contributed by atoms with Crippen molar-refractivity contribution in [2.24, 2.45) is 0 Å². The molecule has 2 aromatic heterocycles. The van der Waals surface area contributed by atoms with Crippen LogP contribution >= 0.6 is 0 Å². The number of fused-ring (bicyclic) bond motifs is 2. The van der Waals surface area contributed by atoms with Crippen molar-refractivity contribution in [2.45, 2.75) is 63.8 Å². The van der Waals surface area contributed by atoms with Crippen molar-refractivity contribution in [2.75, 3.05) is 32.8 Å². The van der Waals surface area contributed by atoms with Gasteiger partial charge in [0, 0.05) is 43.4 Å². The van der Waals surface area contributed by atoms with E-state index in [1.807, 2.05) is 10.7 Å². The fraction of sp³-hybridized carbons (Fsp3) is 0.600. The zero-order valence-corrected chi connectivity index (χ0v) is 19.8. The Morgan fingerprint density at radius 2 is 2.12 bits per heavy atom. The zero-order chi connectivity index (χ0) is 23.1. The first-order valence-corrected chi connectivity index (χ1v) is 12.7. The molecule has 3 fully saturated rings. The standard InChI is InChI=1S/C25H33N7O2/c1-2-17-7-8-22-18(13-17)14-21(25(33)26-22)23(31-11-10-30-9-3-5-19(30)15-31)24-27-28-29-32(24)16-20-6-4-12-34-20/h7-8,13-14,19-20,23H,2-6,9-12,15-16H2,1H3,(H,26,33)/t19-,20-,23+/m1/s1. The molecule has 3 aromatic rings. The lowest BCUT2D eigenvalue weighted by Crippen LogP contribution is -2.52. The molecule has 9 heteroatoms. The third-order valence-electron chi connectivity index (χ3n) is 7.83. The Labute approximate surface area is 199 Å². The minimum Gasteiger partial charge on any atom is -0.376 e. The molecule has 0 amide bonds. The SMILES string of the molecule is CCc1ccc2[nH]c(=O)c([C@@H](c3nnnn3C[C@H]3CCCO3)N3CCN4CCC[C@@H]4C3)cc2c1. The van der Waals surface area contributed by atoms with Gasteiger partial charge in [0.1, 0.15) is 6.04 Å². The Morgan fingerprint density at radius 1 is 1.18 bits per heavy atom. The summed E-state index contributed by atoms with van der Waals surface area (Å²) in [6.45, 7) is 7.56. The Kier molecular flexibility index (Phi) is 5.92. The number of hydrogen-bond acceptors (Lipinski definition) is 7. The number of pyridine rings is 1. The topological polar surface area (TPSA) is 92.2 Å². The molecular weight excluding hydrogens is 430 g/mol. The van der Waals surface area contributed by atoms with Gasteiger partial charge >= 0.3 is 0 Å². The molecule has 1 N–H and O–H groups in total.